The summed E-state index contributed by atoms with van der Waals surface area (Å²) in [7, 11) is 0. The van der Waals surface area contributed by atoms with E-state index in [0.717, 1.165) is 22.2 Å². The van der Waals surface area contributed by atoms with Crippen LogP contribution in [0.2, 0.25) is 0 Å². The predicted octanol–water partition coefficient (Wildman–Crippen LogP) is 3.83. The van der Waals surface area contributed by atoms with E-state index in [1.807, 2.05) is 32.0 Å². The van der Waals surface area contributed by atoms with Crippen molar-refractivity contribution in [1.29, 1.82) is 0 Å². The molecule has 5 nitrogen and oxygen atoms in total. The zero-order chi connectivity index (χ0) is 20.7. The lowest BCUT2D eigenvalue weighted by atomic mass is 10.1. The van der Waals surface area contributed by atoms with Crippen molar-refractivity contribution in [1.82, 2.24) is 14.8 Å². The van der Waals surface area contributed by atoms with Crippen LogP contribution in [-0.4, -0.2) is 52.8 Å². The van der Waals surface area contributed by atoms with Crippen molar-refractivity contribution in [3.05, 3.63) is 70.2 Å². The Morgan fingerprint density at radius 1 is 0.862 bits per heavy atom. The van der Waals surface area contributed by atoms with Gasteiger partial charge in [-0.05, 0) is 62.2 Å². The van der Waals surface area contributed by atoms with Gasteiger partial charge in [0.2, 0.25) is 0 Å². The minimum absolute atomic E-state index is 0.0290. The van der Waals surface area contributed by atoms with Crippen LogP contribution in [0.5, 0.6) is 0 Å². The van der Waals surface area contributed by atoms with Gasteiger partial charge in [-0.15, -0.1) is 0 Å². The molecule has 0 radical (unpaired) electrons. The first-order valence-electron chi connectivity index (χ1n) is 9.79. The summed E-state index contributed by atoms with van der Waals surface area (Å²) >= 11 is 0. The Labute approximate surface area is 169 Å². The Morgan fingerprint density at radius 2 is 1.41 bits per heavy atom. The summed E-state index contributed by atoms with van der Waals surface area (Å²) < 4.78 is 13.8. The van der Waals surface area contributed by atoms with E-state index >= 15 is 0 Å². The van der Waals surface area contributed by atoms with Gasteiger partial charge in [0, 0.05) is 53.9 Å². The largest absolute Gasteiger partial charge is 0.358 e. The monoisotopic (exact) mass is 393 g/mol. The lowest BCUT2D eigenvalue weighted by molar-refractivity contribution is 0.0535. The van der Waals surface area contributed by atoms with Crippen molar-refractivity contribution in [3.63, 3.8) is 0 Å². The number of carbonyl (C=O) groups is 2. The van der Waals surface area contributed by atoms with E-state index in [9.17, 15) is 14.0 Å². The predicted molar refractivity (Wildman–Crippen MR) is 111 cm³/mol. The number of nitrogens with zero attached hydrogens (tertiary/aromatic N) is 2. The smallest absolute Gasteiger partial charge is 0.254 e. The number of fused-ring (bicyclic) bond motifs is 1. The second kappa shape index (κ2) is 7.35. The molecule has 2 amide bonds. The Bertz CT molecular complexity index is 1110. The first-order valence-corrected chi connectivity index (χ1v) is 9.79. The zero-order valence-electron chi connectivity index (χ0n) is 16.9. The molecule has 2 aromatic carbocycles. The fourth-order valence-corrected chi connectivity index (χ4v) is 3.80. The van der Waals surface area contributed by atoms with Crippen LogP contribution in [0.4, 0.5) is 4.39 Å². The summed E-state index contributed by atoms with van der Waals surface area (Å²) in [5.41, 5.74) is 4.79. The van der Waals surface area contributed by atoms with Crippen molar-refractivity contribution in [2.24, 2.45) is 0 Å². The number of rotatable bonds is 2. The number of halogens is 1. The fourth-order valence-electron chi connectivity index (χ4n) is 3.80. The number of piperazine rings is 1. The van der Waals surface area contributed by atoms with Gasteiger partial charge in [0.1, 0.15) is 5.82 Å². The van der Waals surface area contributed by atoms with Gasteiger partial charge in [-0.1, -0.05) is 6.07 Å². The highest BCUT2D eigenvalue weighted by molar-refractivity contribution is 5.99. The number of H-pyrrole nitrogens is 1. The van der Waals surface area contributed by atoms with Crippen LogP contribution < -0.4 is 0 Å². The van der Waals surface area contributed by atoms with Crippen molar-refractivity contribution in [2.45, 2.75) is 20.8 Å². The minimum Gasteiger partial charge on any atom is -0.358 e. The molecule has 0 aliphatic carbocycles. The van der Waals surface area contributed by atoms with Crippen LogP contribution in [0.15, 0.2) is 36.4 Å². The Kier molecular flexibility index (Phi) is 4.86. The molecule has 2 heterocycles. The number of aryl methyl sites for hydroxylation is 3. The molecule has 0 bridgehead atoms. The molecule has 0 atom stereocenters. The van der Waals surface area contributed by atoms with Crippen LogP contribution in [0, 0.1) is 26.6 Å². The summed E-state index contributed by atoms with van der Waals surface area (Å²) in [6, 6.07) is 10.3. The Balaban J connectivity index is 1.45. The topological polar surface area (TPSA) is 56.4 Å². The fraction of sp³-hybridized carbons (Fsp3) is 0.304. The molecule has 3 aromatic rings. The molecule has 4 rings (SSSR count). The number of nitrogens with one attached hydrogen (secondary N) is 1. The van der Waals surface area contributed by atoms with Gasteiger partial charge in [0.15, 0.2) is 0 Å². The molecule has 1 aliphatic heterocycles. The maximum Gasteiger partial charge on any atom is 0.254 e. The molecule has 1 aliphatic rings. The summed E-state index contributed by atoms with van der Waals surface area (Å²) in [5.74, 6) is -0.607. The summed E-state index contributed by atoms with van der Waals surface area (Å²) in [5, 5.41) is 1.06. The molecule has 0 spiro atoms. The lowest BCUT2D eigenvalue weighted by Crippen LogP contribution is -2.50. The van der Waals surface area contributed by atoms with Gasteiger partial charge in [-0.2, -0.15) is 0 Å². The van der Waals surface area contributed by atoms with Gasteiger partial charge in [0.25, 0.3) is 11.8 Å². The zero-order valence-corrected chi connectivity index (χ0v) is 16.9. The number of hydrogen-bond acceptors (Lipinski definition) is 2. The van der Waals surface area contributed by atoms with Crippen molar-refractivity contribution in [3.8, 4) is 0 Å². The third-order valence-corrected chi connectivity index (χ3v) is 5.83. The Morgan fingerprint density at radius 3 is 2.00 bits per heavy atom. The summed E-state index contributed by atoms with van der Waals surface area (Å²) in [4.78, 5) is 32.4. The first-order chi connectivity index (χ1) is 13.8. The van der Waals surface area contributed by atoms with Crippen molar-refractivity contribution in [2.75, 3.05) is 26.2 Å². The molecule has 1 saturated heterocycles. The Hall–Kier alpha value is -3.15. The molecule has 150 valence electrons. The molecular weight excluding hydrogens is 369 g/mol. The van der Waals surface area contributed by atoms with Crippen LogP contribution in [0.25, 0.3) is 10.9 Å². The van der Waals surface area contributed by atoms with Crippen LogP contribution in [-0.2, 0) is 0 Å². The van der Waals surface area contributed by atoms with E-state index in [-0.39, 0.29) is 17.6 Å². The molecule has 0 unspecified atom stereocenters. The second-order valence-corrected chi connectivity index (χ2v) is 7.68. The third-order valence-electron chi connectivity index (χ3n) is 5.83. The first kappa shape index (κ1) is 19.2. The quantitative estimate of drug-likeness (QED) is 0.719. The highest BCUT2D eigenvalue weighted by Crippen LogP contribution is 2.23. The highest BCUT2D eigenvalue weighted by Gasteiger charge is 2.26. The van der Waals surface area contributed by atoms with E-state index < -0.39 is 0 Å². The maximum atomic E-state index is 13.8. The number of aromatic nitrogens is 1. The van der Waals surface area contributed by atoms with Crippen molar-refractivity contribution < 1.29 is 14.0 Å². The highest BCUT2D eigenvalue weighted by atomic mass is 19.1. The van der Waals surface area contributed by atoms with Gasteiger partial charge < -0.3 is 14.8 Å². The standard InChI is InChI=1S/C23H24FN3O2/c1-14-4-5-18(13-20(14)24)23(29)27-10-8-26(9-11-27)22(28)17-6-7-21-19(12-17)15(2)16(3)25-21/h4-7,12-13,25H,8-11H2,1-3H3. The number of amides is 2. The van der Waals surface area contributed by atoms with E-state index in [1.54, 1.807) is 28.9 Å². The molecule has 0 saturated carbocycles. The van der Waals surface area contributed by atoms with E-state index in [1.165, 1.54) is 6.07 Å². The second-order valence-electron chi connectivity index (χ2n) is 7.68. The number of carbonyl (C=O) groups excluding carboxylic acids is 2. The van der Waals surface area contributed by atoms with Gasteiger partial charge >= 0.3 is 0 Å². The average Bonchev–Trinajstić information content (AvgIpc) is 3.02. The summed E-state index contributed by atoms with van der Waals surface area (Å²) in [6.07, 6.45) is 0. The maximum absolute atomic E-state index is 13.8. The minimum atomic E-state index is -0.379. The molecule has 1 N–H and O–H groups in total. The van der Waals surface area contributed by atoms with Crippen LogP contribution in [0.3, 0.4) is 0 Å². The molecule has 29 heavy (non-hydrogen) atoms. The van der Waals surface area contributed by atoms with Gasteiger partial charge in [-0.3, -0.25) is 9.59 Å². The molecule has 1 fully saturated rings. The van der Waals surface area contributed by atoms with E-state index in [0.29, 0.717) is 42.9 Å². The average molecular weight is 393 g/mol. The molecule has 1 aromatic heterocycles. The normalized spacial score (nSPS) is 14.5. The number of hydrogen-bond donors (Lipinski definition) is 1. The molecular formula is C23H24FN3O2. The number of aromatic amines is 1. The SMILES string of the molecule is Cc1ccc(C(=O)N2CCN(C(=O)c3ccc4[nH]c(C)c(C)c4c3)CC2)cc1F. The van der Waals surface area contributed by atoms with Gasteiger partial charge in [-0.25, -0.2) is 4.39 Å². The van der Waals surface area contributed by atoms with Crippen molar-refractivity contribution >= 4 is 22.7 Å². The summed E-state index contributed by atoms with van der Waals surface area (Å²) in [6.45, 7) is 7.52. The van der Waals surface area contributed by atoms with E-state index in [2.05, 4.69) is 4.98 Å². The lowest BCUT2D eigenvalue weighted by Gasteiger charge is -2.35. The molecule has 6 heteroatoms. The van der Waals surface area contributed by atoms with Gasteiger partial charge in [0.05, 0.1) is 0 Å². The third kappa shape index (κ3) is 3.50. The van der Waals surface area contributed by atoms with Crippen LogP contribution >= 0.6 is 0 Å². The van der Waals surface area contributed by atoms with E-state index in [4.69, 9.17) is 0 Å². The van der Waals surface area contributed by atoms with Crippen LogP contribution in [0.1, 0.15) is 37.5 Å². The number of benzene rings is 2.